The Hall–Kier alpha value is -2.48. The van der Waals surface area contributed by atoms with E-state index in [1.165, 1.54) is 6.42 Å². The normalized spacial score (nSPS) is 17.6. The molecule has 3 aromatic heterocycles. The average Bonchev–Trinajstić information content (AvgIpc) is 3.21. The summed E-state index contributed by atoms with van der Waals surface area (Å²) in [5.41, 5.74) is 0.544. The zero-order chi connectivity index (χ0) is 17.5. The van der Waals surface area contributed by atoms with Crippen LogP contribution >= 0.6 is 11.3 Å². The maximum absolute atomic E-state index is 12.3. The van der Waals surface area contributed by atoms with Crippen molar-refractivity contribution in [2.45, 2.75) is 38.3 Å². The van der Waals surface area contributed by atoms with Crippen molar-refractivity contribution in [2.24, 2.45) is 0 Å². The van der Waals surface area contributed by atoms with Crippen LogP contribution in [0.1, 0.15) is 35.6 Å². The molecule has 1 saturated carbocycles. The number of thiophene rings is 1. The third-order valence-electron chi connectivity index (χ3n) is 5.29. The van der Waals surface area contributed by atoms with E-state index in [0.29, 0.717) is 11.7 Å². The molecule has 5 rings (SSSR count). The SMILES string of the molecule is O=C(NC1CCC1)c1cn2c(n1)CCN(c1ncnc3sccc13)CC2. The van der Waals surface area contributed by atoms with Crippen LogP contribution in [0, 0.1) is 0 Å². The number of carbonyl (C=O) groups excluding carboxylic acids is 1. The topological polar surface area (TPSA) is 75.9 Å². The minimum atomic E-state index is -0.0390. The summed E-state index contributed by atoms with van der Waals surface area (Å²) in [5.74, 6) is 1.93. The number of aromatic nitrogens is 4. The number of imidazole rings is 1. The summed E-state index contributed by atoms with van der Waals surface area (Å²) < 4.78 is 2.11. The zero-order valence-electron chi connectivity index (χ0n) is 14.4. The standard InChI is InChI=1S/C18H20N6OS/c25-17(21-12-2-1-3-12)14-10-24-8-7-23(6-4-15(24)22-14)16-13-5-9-26-18(13)20-11-19-16/h5,9-12H,1-4,6-8H2,(H,21,25). The van der Waals surface area contributed by atoms with Gasteiger partial charge in [0.2, 0.25) is 0 Å². The predicted molar refractivity (Wildman–Crippen MR) is 101 cm³/mol. The van der Waals surface area contributed by atoms with E-state index in [2.05, 4.69) is 41.2 Å². The van der Waals surface area contributed by atoms with E-state index in [-0.39, 0.29) is 5.91 Å². The maximum atomic E-state index is 12.3. The highest BCUT2D eigenvalue weighted by atomic mass is 32.1. The molecule has 0 bridgehead atoms. The molecule has 8 heteroatoms. The molecule has 0 unspecified atom stereocenters. The van der Waals surface area contributed by atoms with Gasteiger partial charge in [-0.25, -0.2) is 15.0 Å². The van der Waals surface area contributed by atoms with E-state index in [9.17, 15) is 4.79 Å². The van der Waals surface area contributed by atoms with Gasteiger partial charge >= 0.3 is 0 Å². The monoisotopic (exact) mass is 368 g/mol. The number of rotatable bonds is 3. The fraction of sp³-hybridized carbons (Fsp3) is 0.444. The molecule has 0 saturated heterocycles. The van der Waals surface area contributed by atoms with Crippen molar-refractivity contribution in [3.63, 3.8) is 0 Å². The molecule has 2 aliphatic rings. The van der Waals surface area contributed by atoms with E-state index in [1.54, 1.807) is 17.7 Å². The summed E-state index contributed by atoms with van der Waals surface area (Å²) in [5, 5.41) is 6.23. The molecule has 0 radical (unpaired) electrons. The Morgan fingerprint density at radius 3 is 3.00 bits per heavy atom. The van der Waals surface area contributed by atoms with E-state index in [4.69, 9.17) is 0 Å². The third kappa shape index (κ3) is 2.74. The number of fused-ring (bicyclic) bond motifs is 2. The number of hydrogen-bond donors (Lipinski definition) is 1. The Morgan fingerprint density at radius 1 is 1.23 bits per heavy atom. The molecule has 0 aromatic carbocycles. The first-order chi connectivity index (χ1) is 12.8. The van der Waals surface area contributed by atoms with Crippen LogP contribution in [0.3, 0.4) is 0 Å². The van der Waals surface area contributed by atoms with Crippen molar-refractivity contribution in [1.29, 1.82) is 0 Å². The minimum absolute atomic E-state index is 0.0390. The quantitative estimate of drug-likeness (QED) is 0.767. The molecule has 134 valence electrons. The molecule has 3 aromatic rings. The number of carbonyl (C=O) groups is 1. The lowest BCUT2D eigenvalue weighted by Crippen LogP contribution is -2.39. The summed E-state index contributed by atoms with van der Waals surface area (Å²) in [7, 11) is 0. The molecule has 1 fully saturated rings. The van der Waals surface area contributed by atoms with Gasteiger partial charge in [-0.15, -0.1) is 11.3 Å². The van der Waals surface area contributed by atoms with Crippen LogP contribution in [0.4, 0.5) is 5.82 Å². The Bertz CT molecular complexity index is 934. The first-order valence-corrected chi connectivity index (χ1v) is 9.96. The van der Waals surface area contributed by atoms with Crippen molar-refractivity contribution in [2.75, 3.05) is 18.0 Å². The van der Waals surface area contributed by atoms with E-state index in [0.717, 1.165) is 60.8 Å². The van der Waals surface area contributed by atoms with Gasteiger partial charge in [0.1, 0.15) is 28.5 Å². The van der Waals surface area contributed by atoms with Crippen LogP contribution in [-0.2, 0) is 13.0 Å². The highest BCUT2D eigenvalue weighted by Gasteiger charge is 2.24. The Kier molecular flexibility index (Phi) is 3.85. The highest BCUT2D eigenvalue weighted by molar-refractivity contribution is 7.16. The predicted octanol–water partition coefficient (Wildman–Crippen LogP) is 2.23. The fourth-order valence-electron chi connectivity index (χ4n) is 3.58. The second kappa shape index (κ2) is 6.35. The molecule has 1 aliphatic carbocycles. The highest BCUT2D eigenvalue weighted by Crippen LogP contribution is 2.27. The van der Waals surface area contributed by atoms with Gasteiger partial charge in [0.25, 0.3) is 5.91 Å². The van der Waals surface area contributed by atoms with Gasteiger partial charge in [-0.2, -0.15) is 0 Å². The maximum Gasteiger partial charge on any atom is 0.271 e. The summed E-state index contributed by atoms with van der Waals surface area (Å²) in [6.07, 6.45) is 7.72. The van der Waals surface area contributed by atoms with Gasteiger partial charge in [0, 0.05) is 38.3 Å². The Morgan fingerprint density at radius 2 is 2.15 bits per heavy atom. The molecule has 4 heterocycles. The number of nitrogens with one attached hydrogen (secondary N) is 1. The first kappa shape index (κ1) is 15.7. The Labute approximate surface area is 155 Å². The van der Waals surface area contributed by atoms with Crippen LogP contribution in [0.2, 0.25) is 0 Å². The van der Waals surface area contributed by atoms with E-state index < -0.39 is 0 Å². The van der Waals surface area contributed by atoms with Gasteiger partial charge in [0.15, 0.2) is 0 Å². The summed E-state index contributed by atoms with van der Waals surface area (Å²) in [6, 6.07) is 2.42. The molecule has 26 heavy (non-hydrogen) atoms. The third-order valence-corrected chi connectivity index (χ3v) is 6.11. The molecule has 1 aliphatic heterocycles. The van der Waals surface area contributed by atoms with Crippen LogP contribution in [0.15, 0.2) is 24.0 Å². The number of anilines is 1. The van der Waals surface area contributed by atoms with E-state index >= 15 is 0 Å². The van der Waals surface area contributed by atoms with Gasteiger partial charge in [-0.1, -0.05) is 0 Å². The van der Waals surface area contributed by atoms with Crippen molar-refractivity contribution in [3.05, 3.63) is 35.5 Å². The van der Waals surface area contributed by atoms with Crippen molar-refractivity contribution in [1.82, 2.24) is 24.8 Å². The molecular weight excluding hydrogens is 348 g/mol. The molecule has 0 spiro atoms. The molecule has 7 nitrogen and oxygen atoms in total. The Balaban J connectivity index is 1.33. The zero-order valence-corrected chi connectivity index (χ0v) is 15.2. The van der Waals surface area contributed by atoms with E-state index in [1.807, 2.05) is 6.20 Å². The van der Waals surface area contributed by atoms with Crippen LogP contribution in [0.25, 0.3) is 10.2 Å². The fourth-order valence-corrected chi connectivity index (χ4v) is 4.31. The van der Waals surface area contributed by atoms with Crippen LogP contribution in [0.5, 0.6) is 0 Å². The van der Waals surface area contributed by atoms with Gasteiger partial charge in [-0.3, -0.25) is 4.79 Å². The lowest BCUT2D eigenvalue weighted by atomic mass is 9.93. The molecule has 1 N–H and O–H groups in total. The summed E-state index contributed by atoms with van der Waals surface area (Å²) in [6.45, 7) is 2.48. The number of hydrogen-bond acceptors (Lipinski definition) is 6. The smallest absolute Gasteiger partial charge is 0.271 e. The van der Waals surface area contributed by atoms with Crippen LogP contribution < -0.4 is 10.2 Å². The lowest BCUT2D eigenvalue weighted by molar-refractivity contribution is 0.0912. The number of nitrogens with zero attached hydrogens (tertiary/aromatic N) is 5. The molecular formula is C18H20N6OS. The molecule has 0 atom stereocenters. The number of amides is 1. The summed E-state index contributed by atoms with van der Waals surface area (Å²) >= 11 is 1.64. The van der Waals surface area contributed by atoms with Crippen molar-refractivity contribution in [3.8, 4) is 0 Å². The molecule has 1 amide bonds. The second-order valence-electron chi connectivity index (χ2n) is 6.91. The van der Waals surface area contributed by atoms with Gasteiger partial charge in [-0.05, 0) is 30.7 Å². The van der Waals surface area contributed by atoms with Gasteiger partial charge < -0.3 is 14.8 Å². The van der Waals surface area contributed by atoms with Gasteiger partial charge in [0.05, 0.1) is 5.39 Å². The second-order valence-corrected chi connectivity index (χ2v) is 7.81. The lowest BCUT2D eigenvalue weighted by Gasteiger charge is -2.25. The van der Waals surface area contributed by atoms with Crippen molar-refractivity contribution >= 4 is 33.3 Å². The van der Waals surface area contributed by atoms with Crippen LogP contribution in [-0.4, -0.2) is 44.6 Å². The first-order valence-electron chi connectivity index (χ1n) is 9.08. The largest absolute Gasteiger partial charge is 0.354 e. The minimum Gasteiger partial charge on any atom is -0.354 e. The average molecular weight is 368 g/mol. The van der Waals surface area contributed by atoms with Crippen molar-refractivity contribution < 1.29 is 4.79 Å². The summed E-state index contributed by atoms with van der Waals surface area (Å²) in [4.78, 5) is 29.1.